The number of thiophene rings is 1. The minimum absolute atomic E-state index is 0.0309. The first kappa shape index (κ1) is 16.9. The summed E-state index contributed by atoms with van der Waals surface area (Å²) in [7, 11) is -3.60. The molecule has 1 aromatic rings. The predicted octanol–water partition coefficient (Wildman–Crippen LogP) is 1.06. The van der Waals surface area contributed by atoms with Gasteiger partial charge in [-0.1, -0.05) is 0 Å². The number of aryl methyl sites for hydroxylation is 1. The number of sulfonamides is 1. The molecular formula is C15H23N3O3S2. The molecule has 1 amide bonds. The number of nitrogens with zero attached hydrogens (tertiary/aromatic N) is 1. The Bertz CT molecular complexity index is 682. The maximum Gasteiger partial charge on any atom is 0.253 e. The first-order valence-corrected chi connectivity index (χ1v) is 10.3. The number of nitrogens with one attached hydrogen (secondary N) is 1. The highest BCUT2D eigenvalue weighted by atomic mass is 32.2. The van der Waals surface area contributed by atoms with Crippen LogP contribution in [0, 0.1) is 12.8 Å². The van der Waals surface area contributed by atoms with Gasteiger partial charge in [-0.2, -0.15) is 4.31 Å². The number of carbonyl (C=O) groups is 1. The zero-order chi connectivity index (χ0) is 16.6. The summed E-state index contributed by atoms with van der Waals surface area (Å²) in [6.07, 6.45) is 3.45. The predicted molar refractivity (Wildman–Crippen MR) is 89.7 cm³/mol. The number of rotatable bonds is 6. The summed E-state index contributed by atoms with van der Waals surface area (Å²) in [5.41, 5.74) is 5.73. The summed E-state index contributed by atoms with van der Waals surface area (Å²) < 4.78 is 27.3. The summed E-state index contributed by atoms with van der Waals surface area (Å²) in [5, 5.41) is 2.96. The molecule has 2 unspecified atom stereocenters. The third kappa shape index (κ3) is 3.45. The molecule has 128 valence electrons. The van der Waals surface area contributed by atoms with E-state index in [1.54, 1.807) is 12.1 Å². The molecule has 1 saturated carbocycles. The van der Waals surface area contributed by atoms with Gasteiger partial charge in [-0.25, -0.2) is 8.42 Å². The van der Waals surface area contributed by atoms with Gasteiger partial charge in [0.1, 0.15) is 10.3 Å². The van der Waals surface area contributed by atoms with Crippen molar-refractivity contribution in [2.75, 3.05) is 13.1 Å². The van der Waals surface area contributed by atoms with E-state index < -0.39 is 16.1 Å². The van der Waals surface area contributed by atoms with Gasteiger partial charge in [0.2, 0.25) is 5.91 Å². The quantitative estimate of drug-likeness (QED) is 0.796. The number of amides is 1. The lowest BCUT2D eigenvalue weighted by Gasteiger charge is -2.25. The van der Waals surface area contributed by atoms with Gasteiger partial charge in [0.05, 0.1) is 0 Å². The SMILES string of the molecule is Cc1ccc(S(=O)(=O)N2CCCC2C(=O)NC(CN)C2CC2)s1. The molecule has 2 fully saturated rings. The second-order valence-electron chi connectivity index (χ2n) is 6.33. The molecule has 3 N–H and O–H groups in total. The Labute approximate surface area is 141 Å². The molecule has 1 aromatic heterocycles. The highest BCUT2D eigenvalue weighted by molar-refractivity contribution is 7.91. The second-order valence-corrected chi connectivity index (χ2v) is 9.73. The van der Waals surface area contributed by atoms with Crippen molar-refractivity contribution in [3.8, 4) is 0 Å². The number of hydrogen-bond acceptors (Lipinski definition) is 5. The maximum atomic E-state index is 12.8. The average Bonchev–Trinajstić information content (AvgIpc) is 3.05. The molecule has 0 radical (unpaired) electrons. The number of nitrogens with two attached hydrogens (primary N) is 1. The van der Waals surface area contributed by atoms with Crippen LogP contribution >= 0.6 is 11.3 Å². The minimum atomic E-state index is -3.60. The van der Waals surface area contributed by atoms with Crippen LogP contribution in [0.5, 0.6) is 0 Å². The van der Waals surface area contributed by atoms with Crippen molar-refractivity contribution in [3.05, 3.63) is 17.0 Å². The zero-order valence-corrected chi connectivity index (χ0v) is 14.8. The van der Waals surface area contributed by atoms with Crippen molar-refractivity contribution >= 4 is 27.3 Å². The summed E-state index contributed by atoms with van der Waals surface area (Å²) >= 11 is 1.25. The molecule has 0 spiro atoms. The largest absolute Gasteiger partial charge is 0.350 e. The Morgan fingerprint density at radius 1 is 1.43 bits per heavy atom. The molecule has 0 aromatic carbocycles. The molecule has 2 atom stereocenters. The Balaban J connectivity index is 1.75. The molecule has 0 bridgehead atoms. The molecule has 2 aliphatic rings. The zero-order valence-electron chi connectivity index (χ0n) is 13.2. The second kappa shape index (κ2) is 6.51. The molecule has 8 heteroatoms. The lowest BCUT2D eigenvalue weighted by atomic mass is 10.1. The van der Waals surface area contributed by atoms with E-state index in [4.69, 9.17) is 5.73 Å². The summed E-state index contributed by atoms with van der Waals surface area (Å²) in [5.74, 6) is 0.247. The van der Waals surface area contributed by atoms with Gasteiger partial charge in [-0.15, -0.1) is 11.3 Å². The molecule has 6 nitrogen and oxygen atoms in total. The normalized spacial score (nSPS) is 23.8. The molecule has 2 heterocycles. The Morgan fingerprint density at radius 3 is 2.74 bits per heavy atom. The van der Waals surface area contributed by atoms with Crippen LogP contribution in [-0.4, -0.2) is 43.8 Å². The minimum Gasteiger partial charge on any atom is -0.350 e. The van der Waals surface area contributed by atoms with Crippen molar-refractivity contribution < 1.29 is 13.2 Å². The fourth-order valence-corrected chi connectivity index (χ4v) is 6.17. The smallest absolute Gasteiger partial charge is 0.253 e. The lowest BCUT2D eigenvalue weighted by Crippen LogP contribution is -2.51. The van der Waals surface area contributed by atoms with Crippen LogP contribution in [0.3, 0.4) is 0 Å². The van der Waals surface area contributed by atoms with Crippen LogP contribution in [-0.2, 0) is 14.8 Å². The van der Waals surface area contributed by atoms with E-state index in [1.165, 1.54) is 15.6 Å². The van der Waals surface area contributed by atoms with Gasteiger partial charge in [0.15, 0.2) is 0 Å². The van der Waals surface area contributed by atoms with E-state index >= 15 is 0 Å². The van der Waals surface area contributed by atoms with Crippen molar-refractivity contribution in [1.29, 1.82) is 0 Å². The molecule has 1 aliphatic carbocycles. The van der Waals surface area contributed by atoms with Crippen molar-refractivity contribution in [3.63, 3.8) is 0 Å². The van der Waals surface area contributed by atoms with Crippen molar-refractivity contribution in [2.24, 2.45) is 11.7 Å². The summed E-state index contributed by atoms with van der Waals surface area (Å²) in [6, 6.07) is 2.77. The average molecular weight is 358 g/mol. The van der Waals surface area contributed by atoms with E-state index in [-0.39, 0.29) is 11.9 Å². The van der Waals surface area contributed by atoms with Crippen LogP contribution in [0.1, 0.15) is 30.6 Å². The number of hydrogen-bond donors (Lipinski definition) is 2. The lowest BCUT2D eigenvalue weighted by molar-refractivity contribution is -0.125. The standard InChI is InChI=1S/C15H23N3O3S2/c1-10-4-7-14(22-10)23(20,21)18-8-2-3-13(18)15(19)17-12(9-16)11-5-6-11/h4,7,11-13H,2-3,5-6,8-9,16H2,1H3,(H,17,19). The van der Waals surface area contributed by atoms with Gasteiger partial charge >= 0.3 is 0 Å². The van der Waals surface area contributed by atoms with E-state index in [1.807, 2.05) is 6.92 Å². The first-order valence-electron chi connectivity index (χ1n) is 8.02. The van der Waals surface area contributed by atoms with Gasteiger partial charge < -0.3 is 11.1 Å². The van der Waals surface area contributed by atoms with E-state index in [2.05, 4.69) is 5.32 Å². The fraction of sp³-hybridized carbons (Fsp3) is 0.667. The molecule has 1 saturated heterocycles. The Hall–Kier alpha value is -0.960. The maximum absolute atomic E-state index is 12.8. The van der Waals surface area contributed by atoms with E-state index in [0.717, 1.165) is 17.7 Å². The summed E-state index contributed by atoms with van der Waals surface area (Å²) in [6.45, 7) is 2.67. The van der Waals surface area contributed by atoms with E-state index in [0.29, 0.717) is 36.1 Å². The van der Waals surface area contributed by atoms with Crippen LogP contribution < -0.4 is 11.1 Å². The Kier molecular flexibility index (Phi) is 4.78. The van der Waals surface area contributed by atoms with Gasteiger partial charge in [0, 0.05) is 24.0 Å². The van der Waals surface area contributed by atoms with Gasteiger partial charge in [-0.05, 0) is 50.7 Å². The van der Waals surface area contributed by atoms with Crippen molar-refractivity contribution in [2.45, 2.75) is 48.9 Å². The molecule has 3 rings (SSSR count). The Morgan fingerprint density at radius 2 is 2.17 bits per heavy atom. The van der Waals surface area contributed by atoms with E-state index in [9.17, 15) is 13.2 Å². The fourth-order valence-electron chi connectivity index (χ4n) is 3.10. The first-order chi connectivity index (χ1) is 10.9. The highest BCUT2D eigenvalue weighted by Crippen LogP contribution is 2.33. The molecule has 1 aliphatic heterocycles. The third-order valence-electron chi connectivity index (χ3n) is 4.56. The van der Waals surface area contributed by atoms with Gasteiger partial charge in [0.25, 0.3) is 10.0 Å². The van der Waals surface area contributed by atoms with Gasteiger partial charge in [-0.3, -0.25) is 4.79 Å². The van der Waals surface area contributed by atoms with Crippen molar-refractivity contribution in [1.82, 2.24) is 9.62 Å². The van der Waals surface area contributed by atoms with Crippen LogP contribution in [0.25, 0.3) is 0 Å². The van der Waals surface area contributed by atoms with Crippen LogP contribution in [0.2, 0.25) is 0 Å². The van der Waals surface area contributed by atoms with Crippen LogP contribution in [0.15, 0.2) is 16.3 Å². The third-order valence-corrected chi connectivity index (χ3v) is 7.93. The summed E-state index contributed by atoms with van der Waals surface area (Å²) in [4.78, 5) is 13.5. The molecular weight excluding hydrogens is 334 g/mol. The highest BCUT2D eigenvalue weighted by Gasteiger charge is 2.41. The number of carbonyl (C=O) groups excluding carboxylic acids is 1. The topological polar surface area (TPSA) is 92.5 Å². The monoisotopic (exact) mass is 357 g/mol. The molecule has 23 heavy (non-hydrogen) atoms. The van der Waals surface area contributed by atoms with Crippen LogP contribution in [0.4, 0.5) is 0 Å².